The summed E-state index contributed by atoms with van der Waals surface area (Å²) in [5, 5.41) is 12.5. The lowest BCUT2D eigenvalue weighted by molar-refractivity contribution is 0.0302. The highest BCUT2D eigenvalue weighted by Crippen LogP contribution is 2.21. The standard InChI is InChI=1S/C20H24N2O3/c1-15-18(20(24)22-9-11-25-12-10-22)3-2-4-19(15)21-13-16-5-7-17(14-23)8-6-16/h2-8,21,23H,9-14H2,1H3. The minimum atomic E-state index is 0.0541. The zero-order chi connectivity index (χ0) is 17.6. The molecule has 1 amide bonds. The molecule has 1 heterocycles. The first-order chi connectivity index (χ1) is 12.2. The van der Waals surface area contributed by atoms with E-state index < -0.39 is 0 Å². The molecule has 0 aliphatic carbocycles. The van der Waals surface area contributed by atoms with E-state index in [4.69, 9.17) is 9.84 Å². The lowest BCUT2D eigenvalue weighted by atomic mass is 10.0. The fourth-order valence-electron chi connectivity index (χ4n) is 2.96. The Morgan fingerprint density at radius 1 is 1.12 bits per heavy atom. The summed E-state index contributed by atoms with van der Waals surface area (Å²) in [6.45, 7) is 5.20. The van der Waals surface area contributed by atoms with E-state index in [2.05, 4.69) is 5.32 Å². The van der Waals surface area contributed by atoms with Crippen LogP contribution in [-0.4, -0.2) is 42.2 Å². The molecule has 2 aromatic rings. The topological polar surface area (TPSA) is 61.8 Å². The van der Waals surface area contributed by atoms with Gasteiger partial charge in [0.1, 0.15) is 0 Å². The number of nitrogens with one attached hydrogen (secondary N) is 1. The van der Waals surface area contributed by atoms with Gasteiger partial charge in [-0.15, -0.1) is 0 Å². The van der Waals surface area contributed by atoms with Gasteiger partial charge in [0.2, 0.25) is 0 Å². The third-order valence-electron chi connectivity index (χ3n) is 4.55. The monoisotopic (exact) mass is 340 g/mol. The Morgan fingerprint density at radius 3 is 2.48 bits per heavy atom. The number of amides is 1. The average Bonchev–Trinajstić information content (AvgIpc) is 2.68. The molecule has 132 valence electrons. The summed E-state index contributed by atoms with van der Waals surface area (Å²) in [5.74, 6) is 0.0664. The third kappa shape index (κ3) is 4.18. The molecular weight excluding hydrogens is 316 g/mol. The second kappa shape index (κ2) is 8.14. The Kier molecular flexibility index (Phi) is 5.68. The van der Waals surface area contributed by atoms with Crippen LogP contribution in [0.3, 0.4) is 0 Å². The number of carbonyl (C=O) groups excluding carboxylic acids is 1. The van der Waals surface area contributed by atoms with Crippen molar-refractivity contribution in [3.63, 3.8) is 0 Å². The van der Waals surface area contributed by atoms with Crippen molar-refractivity contribution >= 4 is 11.6 Å². The minimum Gasteiger partial charge on any atom is -0.392 e. The molecular formula is C20H24N2O3. The van der Waals surface area contributed by atoms with Crippen LogP contribution in [0.15, 0.2) is 42.5 Å². The Balaban J connectivity index is 1.70. The molecule has 0 saturated carbocycles. The van der Waals surface area contributed by atoms with E-state index in [1.807, 2.05) is 54.3 Å². The van der Waals surface area contributed by atoms with Gasteiger partial charge in [0.05, 0.1) is 19.8 Å². The zero-order valence-electron chi connectivity index (χ0n) is 14.5. The fourth-order valence-corrected chi connectivity index (χ4v) is 2.96. The van der Waals surface area contributed by atoms with Gasteiger partial charge in [0.15, 0.2) is 0 Å². The van der Waals surface area contributed by atoms with Crippen LogP contribution in [0.25, 0.3) is 0 Å². The van der Waals surface area contributed by atoms with Crippen molar-refractivity contribution in [3.8, 4) is 0 Å². The normalized spacial score (nSPS) is 14.4. The van der Waals surface area contributed by atoms with Crippen LogP contribution in [-0.2, 0) is 17.9 Å². The van der Waals surface area contributed by atoms with Gasteiger partial charge in [0, 0.05) is 30.9 Å². The highest BCUT2D eigenvalue weighted by atomic mass is 16.5. The Bertz CT molecular complexity index is 722. The maximum Gasteiger partial charge on any atom is 0.254 e. The number of aliphatic hydroxyl groups excluding tert-OH is 1. The van der Waals surface area contributed by atoms with E-state index in [1.165, 1.54) is 0 Å². The molecule has 1 aliphatic rings. The number of aliphatic hydroxyl groups is 1. The van der Waals surface area contributed by atoms with Crippen molar-refractivity contribution in [2.75, 3.05) is 31.6 Å². The van der Waals surface area contributed by atoms with Crippen molar-refractivity contribution in [2.45, 2.75) is 20.1 Å². The van der Waals surface area contributed by atoms with Crippen LogP contribution in [0, 0.1) is 6.92 Å². The number of anilines is 1. The number of hydrogen-bond donors (Lipinski definition) is 2. The van der Waals surface area contributed by atoms with Crippen molar-refractivity contribution in [2.24, 2.45) is 0 Å². The molecule has 2 aromatic carbocycles. The second-order valence-corrected chi connectivity index (χ2v) is 6.21. The molecule has 5 nitrogen and oxygen atoms in total. The van der Waals surface area contributed by atoms with Crippen LogP contribution in [0.4, 0.5) is 5.69 Å². The molecule has 0 spiro atoms. The molecule has 2 N–H and O–H groups in total. The van der Waals surface area contributed by atoms with Crippen LogP contribution in [0.5, 0.6) is 0 Å². The van der Waals surface area contributed by atoms with Crippen molar-refractivity contribution in [1.29, 1.82) is 0 Å². The first-order valence-corrected chi connectivity index (χ1v) is 8.58. The molecule has 0 atom stereocenters. The summed E-state index contributed by atoms with van der Waals surface area (Å²) in [5.41, 5.74) is 4.69. The SMILES string of the molecule is Cc1c(NCc2ccc(CO)cc2)cccc1C(=O)N1CCOCC1. The fraction of sp³-hybridized carbons (Fsp3) is 0.350. The maximum atomic E-state index is 12.7. The lowest BCUT2D eigenvalue weighted by Crippen LogP contribution is -2.41. The second-order valence-electron chi connectivity index (χ2n) is 6.21. The van der Waals surface area contributed by atoms with Crippen LogP contribution < -0.4 is 5.32 Å². The lowest BCUT2D eigenvalue weighted by Gasteiger charge is -2.27. The number of hydrogen-bond acceptors (Lipinski definition) is 4. The summed E-state index contributed by atoms with van der Waals surface area (Å²) < 4.78 is 5.32. The van der Waals surface area contributed by atoms with E-state index in [1.54, 1.807) is 0 Å². The van der Waals surface area contributed by atoms with Gasteiger partial charge in [-0.05, 0) is 35.7 Å². The highest BCUT2D eigenvalue weighted by molar-refractivity contribution is 5.97. The van der Waals surface area contributed by atoms with E-state index in [9.17, 15) is 4.79 Å². The molecule has 0 bridgehead atoms. The number of carbonyl (C=O) groups is 1. The predicted molar refractivity (Wildman–Crippen MR) is 97.6 cm³/mol. The molecule has 1 saturated heterocycles. The summed E-state index contributed by atoms with van der Waals surface area (Å²) >= 11 is 0. The maximum absolute atomic E-state index is 12.7. The number of nitrogens with zero attached hydrogens (tertiary/aromatic N) is 1. The summed E-state index contributed by atoms with van der Waals surface area (Å²) in [4.78, 5) is 14.6. The summed E-state index contributed by atoms with van der Waals surface area (Å²) in [6.07, 6.45) is 0. The molecule has 5 heteroatoms. The van der Waals surface area contributed by atoms with Gasteiger partial charge in [-0.2, -0.15) is 0 Å². The van der Waals surface area contributed by atoms with Crippen LogP contribution in [0.1, 0.15) is 27.0 Å². The largest absolute Gasteiger partial charge is 0.392 e. The van der Waals surface area contributed by atoms with Crippen LogP contribution >= 0.6 is 0 Å². The number of benzene rings is 2. The summed E-state index contributed by atoms with van der Waals surface area (Å²) in [6, 6.07) is 13.6. The number of morpholine rings is 1. The minimum absolute atomic E-state index is 0.0541. The quantitative estimate of drug-likeness (QED) is 0.878. The van der Waals surface area contributed by atoms with Crippen molar-refractivity contribution in [3.05, 3.63) is 64.7 Å². The van der Waals surface area contributed by atoms with Gasteiger partial charge >= 0.3 is 0 Å². The number of ether oxygens (including phenoxy) is 1. The van der Waals surface area contributed by atoms with Gasteiger partial charge in [-0.3, -0.25) is 4.79 Å². The van der Waals surface area contributed by atoms with Gasteiger partial charge in [-0.25, -0.2) is 0 Å². The first kappa shape index (κ1) is 17.5. The van der Waals surface area contributed by atoms with E-state index in [0.717, 1.165) is 27.9 Å². The highest BCUT2D eigenvalue weighted by Gasteiger charge is 2.20. The van der Waals surface area contributed by atoms with Crippen LogP contribution in [0.2, 0.25) is 0 Å². The number of rotatable bonds is 5. The predicted octanol–water partition coefficient (Wildman–Crippen LogP) is 2.57. The molecule has 25 heavy (non-hydrogen) atoms. The molecule has 0 radical (unpaired) electrons. The van der Waals surface area contributed by atoms with Gasteiger partial charge in [0.25, 0.3) is 5.91 Å². The van der Waals surface area contributed by atoms with Crippen molar-refractivity contribution < 1.29 is 14.6 Å². The third-order valence-corrected chi connectivity index (χ3v) is 4.55. The smallest absolute Gasteiger partial charge is 0.254 e. The molecule has 1 aliphatic heterocycles. The van der Waals surface area contributed by atoms with Crippen molar-refractivity contribution in [1.82, 2.24) is 4.90 Å². The van der Waals surface area contributed by atoms with Gasteiger partial charge in [-0.1, -0.05) is 30.3 Å². The zero-order valence-corrected chi connectivity index (χ0v) is 14.5. The van der Waals surface area contributed by atoms with E-state index in [0.29, 0.717) is 32.8 Å². The summed E-state index contributed by atoms with van der Waals surface area (Å²) in [7, 11) is 0. The molecule has 0 unspecified atom stereocenters. The molecule has 1 fully saturated rings. The molecule has 0 aromatic heterocycles. The Labute approximate surface area is 148 Å². The van der Waals surface area contributed by atoms with Gasteiger partial charge < -0.3 is 20.1 Å². The Hall–Kier alpha value is -2.37. The average molecular weight is 340 g/mol. The Morgan fingerprint density at radius 2 is 1.80 bits per heavy atom. The van der Waals surface area contributed by atoms with E-state index >= 15 is 0 Å². The molecule has 3 rings (SSSR count). The first-order valence-electron chi connectivity index (χ1n) is 8.58. The van der Waals surface area contributed by atoms with E-state index in [-0.39, 0.29) is 12.5 Å².